The van der Waals surface area contributed by atoms with Gasteiger partial charge in [-0.3, -0.25) is 0 Å². The molecule has 54 heavy (non-hydrogen) atoms. The predicted molar refractivity (Wildman–Crippen MR) is 229 cm³/mol. The van der Waals surface area contributed by atoms with Gasteiger partial charge in [0, 0.05) is 39.8 Å². The van der Waals surface area contributed by atoms with Gasteiger partial charge in [-0.05, 0) is 92.7 Å². The van der Waals surface area contributed by atoms with Crippen LogP contribution in [0, 0.1) is 0 Å². The van der Waals surface area contributed by atoms with Gasteiger partial charge in [-0.25, -0.2) is 0 Å². The Morgan fingerprint density at radius 2 is 0.870 bits per heavy atom. The Morgan fingerprint density at radius 3 is 1.50 bits per heavy atom. The highest BCUT2D eigenvalue weighted by Crippen LogP contribution is 2.43. The van der Waals surface area contributed by atoms with Gasteiger partial charge in [-0.1, -0.05) is 164 Å². The van der Waals surface area contributed by atoms with Crippen LogP contribution >= 0.6 is 0 Å². The first-order valence-electron chi connectivity index (χ1n) is 18.5. The molecule has 2 heterocycles. The average Bonchev–Trinajstić information content (AvgIpc) is 3.57. The lowest BCUT2D eigenvalue weighted by molar-refractivity contribution is 1.27. The van der Waals surface area contributed by atoms with E-state index in [4.69, 9.17) is 0 Å². The molecule has 0 saturated carbocycles. The van der Waals surface area contributed by atoms with Crippen LogP contribution in [0.4, 0.5) is 17.1 Å². The summed E-state index contributed by atoms with van der Waals surface area (Å²) in [5, 5.41) is 3.71. The fourth-order valence-corrected chi connectivity index (χ4v) is 8.00. The number of rotatable bonds is 7. The number of aromatic nitrogens is 1. The van der Waals surface area contributed by atoms with Crippen LogP contribution in [0.2, 0.25) is 0 Å². The molecule has 2 nitrogen and oxygen atoms in total. The molecule has 0 aliphatic heterocycles. The fraction of sp³-hybridized carbons (Fsp3) is 0. The van der Waals surface area contributed by atoms with Crippen molar-refractivity contribution >= 4 is 44.3 Å². The molecule has 0 unspecified atom stereocenters. The third-order valence-corrected chi connectivity index (χ3v) is 10.5. The van der Waals surface area contributed by atoms with Crippen LogP contribution in [0.25, 0.3) is 71.7 Å². The van der Waals surface area contributed by atoms with Gasteiger partial charge >= 0.3 is 0 Å². The number of anilines is 3. The van der Waals surface area contributed by atoms with E-state index in [-0.39, 0.29) is 0 Å². The van der Waals surface area contributed by atoms with Gasteiger partial charge in [0.1, 0.15) is 0 Å². The second-order valence-electron chi connectivity index (χ2n) is 13.8. The molecule has 2 aromatic heterocycles. The largest absolute Gasteiger partial charge is 0.315 e. The van der Waals surface area contributed by atoms with Crippen molar-refractivity contribution in [3.63, 3.8) is 0 Å². The molecule has 8 aromatic carbocycles. The van der Waals surface area contributed by atoms with E-state index in [1.165, 1.54) is 71.7 Å². The minimum absolute atomic E-state index is 1.09. The zero-order chi connectivity index (χ0) is 35.8. The predicted octanol–water partition coefficient (Wildman–Crippen LogP) is 14.4. The third-order valence-electron chi connectivity index (χ3n) is 10.5. The molecule has 10 rings (SSSR count). The van der Waals surface area contributed by atoms with Crippen LogP contribution in [0.15, 0.2) is 219 Å². The number of fused-ring (bicyclic) bond motifs is 4. The van der Waals surface area contributed by atoms with Gasteiger partial charge in [0.2, 0.25) is 0 Å². The van der Waals surface area contributed by atoms with E-state index in [1.807, 2.05) is 0 Å². The van der Waals surface area contributed by atoms with Crippen LogP contribution < -0.4 is 4.90 Å². The van der Waals surface area contributed by atoms with Crippen molar-refractivity contribution in [2.45, 2.75) is 0 Å². The highest BCUT2D eigenvalue weighted by molar-refractivity contribution is 6.12. The summed E-state index contributed by atoms with van der Waals surface area (Å²) in [4.78, 5) is 2.37. The van der Waals surface area contributed by atoms with Crippen molar-refractivity contribution in [3.05, 3.63) is 219 Å². The average molecular weight is 689 g/mol. The summed E-state index contributed by atoms with van der Waals surface area (Å²) in [6, 6.07) is 76.6. The molecule has 0 N–H and O–H groups in total. The van der Waals surface area contributed by atoms with E-state index in [1.54, 1.807) is 0 Å². The maximum absolute atomic E-state index is 2.40. The number of hydrogen-bond donors (Lipinski definition) is 0. The first kappa shape index (κ1) is 31.6. The zero-order valence-electron chi connectivity index (χ0n) is 29.7. The van der Waals surface area contributed by atoms with Crippen molar-refractivity contribution in [1.29, 1.82) is 0 Å². The lowest BCUT2D eigenvalue weighted by Crippen LogP contribution is -2.10. The Morgan fingerprint density at radius 1 is 0.333 bits per heavy atom. The molecule has 0 bridgehead atoms. The summed E-state index contributed by atoms with van der Waals surface area (Å²) < 4.78 is 2.40. The Kier molecular flexibility index (Phi) is 7.85. The smallest absolute Gasteiger partial charge is 0.0613 e. The molecule has 0 spiro atoms. The van der Waals surface area contributed by atoms with E-state index < -0.39 is 0 Å². The van der Waals surface area contributed by atoms with Crippen LogP contribution in [-0.2, 0) is 0 Å². The van der Waals surface area contributed by atoms with Gasteiger partial charge < -0.3 is 9.30 Å². The number of para-hydroxylation sites is 2. The SMILES string of the molecule is c1ccc(-c2cc(-c3ccccc3)cc(N(c3ccccc3)c3ccc(-c4cccc5c(-c6ccccc6)c6cc7ccccc7cn6c45)cc3)c2)cc1. The van der Waals surface area contributed by atoms with Gasteiger partial charge in [0.05, 0.1) is 11.0 Å². The summed E-state index contributed by atoms with van der Waals surface area (Å²) in [6.07, 6.45) is 2.30. The van der Waals surface area contributed by atoms with Gasteiger partial charge in [-0.15, -0.1) is 0 Å². The molecule has 0 atom stereocenters. The summed E-state index contributed by atoms with van der Waals surface area (Å²) >= 11 is 0. The van der Waals surface area contributed by atoms with E-state index >= 15 is 0 Å². The topological polar surface area (TPSA) is 7.65 Å². The van der Waals surface area contributed by atoms with Crippen molar-refractivity contribution in [1.82, 2.24) is 4.40 Å². The van der Waals surface area contributed by atoms with E-state index in [9.17, 15) is 0 Å². The molecule has 0 saturated heterocycles. The first-order valence-corrected chi connectivity index (χ1v) is 18.5. The van der Waals surface area contributed by atoms with Crippen molar-refractivity contribution < 1.29 is 0 Å². The standard InChI is InChI=1S/C52H36N2/c1-5-16-37(17-6-1)43-32-44(38-18-7-2-8-19-38)34-47(33-43)54(45-24-11-4-12-25-45)46-30-28-39(29-31-46)48-26-15-27-49-51(40-20-9-3-10-21-40)50-35-41-22-13-14-23-42(41)36-53(50)52(48)49/h1-36H. The van der Waals surface area contributed by atoms with Gasteiger partial charge in [0.15, 0.2) is 0 Å². The Balaban J connectivity index is 1.15. The number of benzene rings is 8. The zero-order valence-corrected chi connectivity index (χ0v) is 29.7. The Labute approximate surface area is 315 Å². The van der Waals surface area contributed by atoms with Crippen LogP contribution in [-0.4, -0.2) is 4.40 Å². The molecule has 0 aliphatic carbocycles. The fourth-order valence-electron chi connectivity index (χ4n) is 8.00. The summed E-state index contributed by atoms with van der Waals surface area (Å²) in [5.74, 6) is 0. The molecule has 0 fully saturated rings. The molecule has 0 amide bonds. The molecule has 2 heteroatoms. The molecule has 254 valence electrons. The number of nitrogens with zero attached hydrogens (tertiary/aromatic N) is 2. The van der Waals surface area contributed by atoms with Gasteiger partial charge in [-0.2, -0.15) is 0 Å². The van der Waals surface area contributed by atoms with Crippen LogP contribution in [0.3, 0.4) is 0 Å². The highest BCUT2D eigenvalue weighted by atomic mass is 15.1. The second kappa shape index (κ2) is 13.4. The number of hydrogen-bond acceptors (Lipinski definition) is 1. The normalized spacial score (nSPS) is 11.3. The molecule has 0 radical (unpaired) electrons. The van der Waals surface area contributed by atoms with Crippen LogP contribution in [0.1, 0.15) is 0 Å². The molecular formula is C52H36N2. The summed E-state index contributed by atoms with van der Waals surface area (Å²) in [6.45, 7) is 0. The third kappa shape index (κ3) is 5.62. The maximum Gasteiger partial charge on any atom is 0.0613 e. The van der Waals surface area contributed by atoms with Crippen molar-refractivity contribution in [2.24, 2.45) is 0 Å². The Hall–Kier alpha value is -7.16. The van der Waals surface area contributed by atoms with Crippen molar-refractivity contribution in [2.75, 3.05) is 4.90 Å². The minimum atomic E-state index is 1.09. The summed E-state index contributed by atoms with van der Waals surface area (Å²) in [5.41, 5.74) is 15.3. The first-order chi connectivity index (χ1) is 26.8. The molecular weight excluding hydrogens is 653 g/mol. The monoisotopic (exact) mass is 688 g/mol. The molecule has 0 aliphatic rings. The molecule has 10 aromatic rings. The second-order valence-corrected chi connectivity index (χ2v) is 13.8. The van der Waals surface area contributed by atoms with Crippen molar-refractivity contribution in [3.8, 4) is 44.5 Å². The lowest BCUT2D eigenvalue weighted by atomic mass is 9.97. The minimum Gasteiger partial charge on any atom is -0.315 e. The van der Waals surface area contributed by atoms with E-state index in [2.05, 4.69) is 228 Å². The van der Waals surface area contributed by atoms with Gasteiger partial charge in [0.25, 0.3) is 0 Å². The quantitative estimate of drug-likeness (QED) is 0.162. The highest BCUT2D eigenvalue weighted by Gasteiger charge is 2.19. The van der Waals surface area contributed by atoms with E-state index in [0.717, 1.165) is 17.1 Å². The lowest BCUT2D eigenvalue weighted by Gasteiger charge is -2.27. The maximum atomic E-state index is 2.40. The number of pyridine rings is 1. The summed E-state index contributed by atoms with van der Waals surface area (Å²) in [7, 11) is 0. The Bertz CT molecular complexity index is 2840. The van der Waals surface area contributed by atoms with E-state index in [0.29, 0.717) is 0 Å². The van der Waals surface area contributed by atoms with Crippen LogP contribution in [0.5, 0.6) is 0 Å².